The van der Waals surface area contributed by atoms with Crippen molar-refractivity contribution in [2.75, 3.05) is 22.1 Å². The molecule has 2 aliphatic carbocycles. The van der Waals surface area contributed by atoms with Crippen molar-refractivity contribution in [3.63, 3.8) is 0 Å². The maximum atomic E-state index is 13.2. The number of aromatic nitrogens is 5. The predicted octanol–water partition coefficient (Wildman–Crippen LogP) is 4.62. The minimum Gasteiger partial charge on any atom is -0.329 e. The summed E-state index contributed by atoms with van der Waals surface area (Å²) in [4.78, 5) is 28.7. The number of hydrogen-bond acceptors (Lipinski definition) is 7. The second-order valence-corrected chi connectivity index (χ2v) is 10.0. The fourth-order valence-electron chi connectivity index (χ4n) is 5.74. The standard InChI is InChI=1S/C26H31FN8O/c27-22-12-11-17(15-28-22)29-25(36)21-10-3-4-13-35(21)26-30-19-9-5-8-18(19)24(32-26)31-23-14-20(33-34-23)16-6-1-2-7-16/h11-12,14-16,21H,1-10,13H2,(H,29,36)(H2,30,31,32,33,34)/t21-/m1/s1. The molecule has 9 nitrogen and oxygen atoms in total. The normalized spacial score (nSPS) is 19.9. The SMILES string of the molecule is O=C(Nc1ccc(F)nc1)[C@H]1CCCCN1c1nc2c(c(Nc3cc(C4CCCC4)[nH]n3)n1)CCC2. The third-order valence-corrected chi connectivity index (χ3v) is 7.62. The number of amides is 1. The van der Waals surface area contributed by atoms with Gasteiger partial charge in [0.25, 0.3) is 0 Å². The van der Waals surface area contributed by atoms with Crippen LogP contribution in [0.4, 0.5) is 27.7 Å². The van der Waals surface area contributed by atoms with Gasteiger partial charge in [-0.2, -0.15) is 14.5 Å². The zero-order valence-electron chi connectivity index (χ0n) is 20.3. The molecule has 2 fully saturated rings. The Kier molecular flexibility index (Phi) is 6.25. The van der Waals surface area contributed by atoms with Crippen LogP contribution in [0.3, 0.4) is 0 Å². The van der Waals surface area contributed by atoms with E-state index in [1.807, 2.05) is 4.90 Å². The molecule has 1 saturated carbocycles. The molecule has 0 bridgehead atoms. The van der Waals surface area contributed by atoms with Crippen LogP contribution in [-0.2, 0) is 17.6 Å². The van der Waals surface area contributed by atoms with Gasteiger partial charge in [-0.3, -0.25) is 9.89 Å². The molecule has 3 N–H and O–H groups in total. The van der Waals surface area contributed by atoms with E-state index in [-0.39, 0.29) is 5.91 Å². The number of piperidine rings is 1. The molecule has 0 unspecified atom stereocenters. The van der Waals surface area contributed by atoms with Gasteiger partial charge in [0.15, 0.2) is 5.82 Å². The monoisotopic (exact) mass is 490 g/mol. The van der Waals surface area contributed by atoms with Crippen LogP contribution in [0, 0.1) is 5.95 Å². The van der Waals surface area contributed by atoms with E-state index in [1.54, 1.807) is 0 Å². The van der Waals surface area contributed by atoms with E-state index in [0.29, 0.717) is 30.5 Å². The van der Waals surface area contributed by atoms with Gasteiger partial charge in [0.05, 0.1) is 17.6 Å². The number of nitrogens with one attached hydrogen (secondary N) is 3. The van der Waals surface area contributed by atoms with E-state index in [0.717, 1.165) is 55.0 Å². The van der Waals surface area contributed by atoms with Crippen LogP contribution in [0.2, 0.25) is 0 Å². The lowest BCUT2D eigenvalue weighted by atomic mass is 10.0. The number of H-pyrrole nitrogens is 1. The van der Waals surface area contributed by atoms with Crippen molar-refractivity contribution in [3.05, 3.63) is 47.3 Å². The molecule has 0 aromatic carbocycles. The molecule has 4 heterocycles. The molecule has 0 spiro atoms. The quantitative estimate of drug-likeness (QED) is 0.432. The van der Waals surface area contributed by atoms with E-state index in [1.165, 1.54) is 49.7 Å². The van der Waals surface area contributed by atoms with Crippen molar-refractivity contribution in [2.45, 2.75) is 76.2 Å². The molecule has 1 saturated heterocycles. The summed E-state index contributed by atoms with van der Waals surface area (Å²) in [6.45, 7) is 0.701. The Labute approximate surface area is 209 Å². The zero-order valence-corrected chi connectivity index (χ0v) is 20.3. The van der Waals surface area contributed by atoms with Crippen LogP contribution in [0.1, 0.15) is 74.2 Å². The third kappa shape index (κ3) is 4.64. The molecule has 3 aliphatic rings. The van der Waals surface area contributed by atoms with Gasteiger partial charge in [0.1, 0.15) is 11.9 Å². The van der Waals surface area contributed by atoms with Crippen molar-refractivity contribution in [1.82, 2.24) is 25.1 Å². The minimum atomic E-state index is -0.578. The average Bonchev–Trinajstić information content (AvgIpc) is 3.67. The van der Waals surface area contributed by atoms with Gasteiger partial charge < -0.3 is 15.5 Å². The summed E-state index contributed by atoms with van der Waals surface area (Å²) >= 11 is 0. The Hall–Kier alpha value is -3.56. The molecule has 188 valence electrons. The highest BCUT2D eigenvalue weighted by molar-refractivity contribution is 5.96. The van der Waals surface area contributed by atoms with Crippen LogP contribution < -0.4 is 15.5 Å². The lowest BCUT2D eigenvalue weighted by Crippen LogP contribution is -2.48. The maximum Gasteiger partial charge on any atom is 0.247 e. The summed E-state index contributed by atoms with van der Waals surface area (Å²) in [6.07, 6.45) is 11.8. The van der Waals surface area contributed by atoms with Gasteiger partial charge in [0.2, 0.25) is 17.8 Å². The van der Waals surface area contributed by atoms with E-state index in [2.05, 4.69) is 31.9 Å². The summed E-state index contributed by atoms with van der Waals surface area (Å²) in [5.74, 6) is 1.95. The zero-order chi connectivity index (χ0) is 24.5. The predicted molar refractivity (Wildman–Crippen MR) is 135 cm³/mol. The number of fused-ring (bicyclic) bond motifs is 1. The van der Waals surface area contributed by atoms with Crippen LogP contribution in [0.25, 0.3) is 0 Å². The number of anilines is 4. The highest BCUT2D eigenvalue weighted by atomic mass is 19.1. The summed E-state index contributed by atoms with van der Waals surface area (Å²) in [5, 5.41) is 14.1. The van der Waals surface area contributed by atoms with Gasteiger partial charge >= 0.3 is 0 Å². The van der Waals surface area contributed by atoms with E-state index < -0.39 is 12.0 Å². The topological polar surface area (TPSA) is 112 Å². The second-order valence-electron chi connectivity index (χ2n) is 10.0. The number of nitrogens with zero attached hydrogens (tertiary/aromatic N) is 5. The smallest absolute Gasteiger partial charge is 0.247 e. The minimum absolute atomic E-state index is 0.157. The lowest BCUT2D eigenvalue weighted by Gasteiger charge is -2.35. The highest BCUT2D eigenvalue weighted by Gasteiger charge is 2.32. The van der Waals surface area contributed by atoms with Gasteiger partial charge in [-0.25, -0.2) is 9.97 Å². The number of carbonyl (C=O) groups excluding carboxylic acids is 1. The fourth-order valence-corrected chi connectivity index (χ4v) is 5.74. The molecule has 36 heavy (non-hydrogen) atoms. The fraction of sp³-hybridized carbons (Fsp3) is 0.500. The van der Waals surface area contributed by atoms with Gasteiger partial charge in [-0.15, -0.1) is 0 Å². The number of halogens is 1. The van der Waals surface area contributed by atoms with Gasteiger partial charge in [-0.1, -0.05) is 12.8 Å². The molecule has 0 radical (unpaired) electrons. The molecular weight excluding hydrogens is 459 g/mol. The summed E-state index contributed by atoms with van der Waals surface area (Å²) in [6, 6.07) is 4.46. The first kappa shape index (κ1) is 22.9. The third-order valence-electron chi connectivity index (χ3n) is 7.62. The Morgan fingerprint density at radius 2 is 1.92 bits per heavy atom. The van der Waals surface area contributed by atoms with E-state index in [9.17, 15) is 9.18 Å². The van der Waals surface area contributed by atoms with E-state index in [4.69, 9.17) is 9.97 Å². The Morgan fingerprint density at radius 3 is 2.75 bits per heavy atom. The number of carbonyl (C=O) groups is 1. The Morgan fingerprint density at radius 1 is 1.06 bits per heavy atom. The van der Waals surface area contributed by atoms with Crippen molar-refractivity contribution in [3.8, 4) is 0 Å². The van der Waals surface area contributed by atoms with Crippen LogP contribution in [-0.4, -0.2) is 43.6 Å². The second kappa shape index (κ2) is 9.83. The summed E-state index contributed by atoms with van der Waals surface area (Å²) < 4.78 is 13.2. The number of pyridine rings is 1. The van der Waals surface area contributed by atoms with E-state index >= 15 is 0 Å². The van der Waals surface area contributed by atoms with Crippen molar-refractivity contribution < 1.29 is 9.18 Å². The van der Waals surface area contributed by atoms with Crippen molar-refractivity contribution in [1.29, 1.82) is 0 Å². The first-order chi connectivity index (χ1) is 17.6. The van der Waals surface area contributed by atoms with Crippen LogP contribution in [0.5, 0.6) is 0 Å². The maximum absolute atomic E-state index is 13.2. The lowest BCUT2D eigenvalue weighted by molar-refractivity contribution is -0.117. The molecule has 1 aliphatic heterocycles. The Bertz CT molecular complexity index is 1240. The molecule has 1 amide bonds. The largest absolute Gasteiger partial charge is 0.329 e. The summed E-state index contributed by atoms with van der Waals surface area (Å²) in [7, 11) is 0. The first-order valence-electron chi connectivity index (χ1n) is 13.1. The number of rotatable bonds is 6. The molecule has 10 heteroatoms. The van der Waals surface area contributed by atoms with Crippen molar-refractivity contribution >= 4 is 29.2 Å². The number of aromatic amines is 1. The highest BCUT2D eigenvalue weighted by Crippen LogP contribution is 2.35. The first-order valence-corrected chi connectivity index (χ1v) is 13.1. The summed E-state index contributed by atoms with van der Waals surface area (Å²) in [5.41, 5.74) is 3.84. The van der Waals surface area contributed by atoms with Crippen LogP contribution >= 0.6 is 0 Å². The number of aryl methyl sites for hydroxylation is 1. The molecule has 3 aromatic rings. The number of hydrogen-bond donors (Lipinski definition) is 3. The Balaban J connectivity index is 1.25. The molecular formula is C26H31FN8O. The van der Waals surface area contributed by atoms with Crippen LogP contribution in [0.15, 0.2) is 24.4 Å². The molecule has 6 rings (SSSR count). The van der Waals surface area contributed by atoms with Gasteiger partial charge in [0, 0.05) is 29.8 Å². The average molecular weight is 491 g/mol. The van der Waals surface area contributed by atoms with Gasteiger partial charge in [-0.05, 0) is 63.5 Å². The molecule has 3 aromatic heterocycles. The van der Waals surface area contributed by atoms with Crippen molar-refractivity contribution in [2.24, 2.45) is 0 Å². The molecule has 1 atom stereocenters.